The molecule has 2 rings (SSSR count). The van der Waals surface area contributed by atoms with Gasteiger partial charge < -0.3 is 5.11 Å². The zero-order chi connectivity index (χ0) is 12.5. The van der Waals surface area contributed by atoms with Crippen LogP contribution in [0.2, 0.25) is 0 Å². The molecule has 0 bridgehead atoms. The van der Waals surface area contributed by atoms with Gasteiger partial charge in [-0.15, -0.1) is 0 Å². The van der Waals surface area contributed by atoms with Crippen LogP contribution in [0, 0.1) is 5.92 Å². The van der Waals surface area contributed by atoms with E-state index in [0.717, 1.165) is 35.7 Å². The number of rotatable bonds is 3. The maximum atomic E-state index is 11.8. The Hall–Kier alpha value is -0.830. The van der Waals surface area contributed by atoms with Gasteiger partial charge in [0.25, 0.3) is 0 Å². The van der Waals surface area contributed by atoms with Crippen LogP contribution in [0.5, 0.6) is 0 Å². The van der Waals surface area contributed by atoms with Crippen molar-refractivity contribution in [3.8, 4) is 0 Å². The van der Waals surface area contributed by atoms with E-state index >= 15 is 0 Å². The van der Waals surface area contributed by atoms with Gasteiger partial charge in [-0.25, -0.2) is 0 Å². The molecule has 1 N–H and O–H groups in total. The van der Waals surface area contributed by atoms with Crippen LogP contribution in [-0.4, -0.2) is 11.1 Å². The molecule has 0 radical (unpaired) electrons. The molecule has 0 spiro atoms. The first-order valence-electron chi connectivity index (χ1n) is 6.10. The minimum absolute atomic E-state index is 0.259. The van der Waals surface area contributed by atoms with Crippen LogP contribution in [0.15, 0.2) is 28.7 Å². The maximum absolute atomic E-state index is 11.8. The molecule has 2 unspecified atom stereocenters. The zero-order valence-corrected chi connectivity index (χ0v) is 11.5. The molecule has 92 valence electrons. The summed E-state index contributed by atoms with van der Waals surface area (Å²) in [6.07, 6.45) is 3.72. The quantitative estimate of drug-likeness (QED) is 0.916. The average Bonchev–Trinajstić information content (AvgIpc) is 2.73. The Morgan fingerprint density at radius 2 is 2.35 bits per heavy atom. The summed E-state index contributed by atoms with van der Waals surface area (Å²) < 4.78 is 0.956. The first kappa shape index (κ1) is 12.6. The van der Waals surface area contributed by atoms with Crippen LogP contribution in [0.1, 0.15) is 38.2 Å². The molecule has 2 atom stereocenters. The molecule has 17 heavy (non-hydrogen) atoms. The van der Waals surface area contributed by atoms with Crippen molar-refractivity contribution in [2.75, 3.05) is 0 Å². The van der Waals surface area contributed by atoms with Gasteiger partial charge in [-0.05, 0) is 36.5 Å². The van der Waals surface area contributed by atoms with E-state index in [9.17, 15) is 9.90 Å². The first-order chi connectivity index (χ1) is 8.11. The monoisotopic (exact) mass is 296 g/mol. The number of hydrogen-bond acceptors (Lipinski definition) is 1. The minimum Gasteiger partial charge on any atom is -0.481 e. The van der Waals surface area contributed by atoms with Gasteiger partial charge in [0.2, 0.25) is 0 Å². The number of carboxylic acid groups (broad SMARTS) is 1. The third-order valence-electron chi connectivity index (χ3n) is 4.03. The summed E-state index contributed by atoms with van der Waals surface area (Å²) in [6, 6.07) is 7.78. The van der Waals surface area contributed by atoms with Crippen LogP contribution in [-0.2, 0) is 10.2 Å². The second-order valence-electron chi connectivity index (χ2n) is 4.78. The summed E-state index contributed by atoms with van der Waals surface area (Å²) in [4.78, 5) is 11.8. The molecule has 3 heteroatoms. The molecule has 1 aromatic rings. The topological polar surface area (TPSA) is 37.3 Å². The Morgan fingerprint density at radius 3 is 2.94 bits per heavy atom. The predicted octanol–water partition coefficient (Wildman–Crippen LogP) is 3.98. The highest BCUT2D eigenvalue weighted by Gasteiger charge is 2.49. The minimum atomic E-state index is -0.668. The molecule has 0 amide bonds. The first-order valence-corrected chi connectivity index (χ1v) is 6.90. The molecule has 1 aliphatic carbocycles. The SMILES string of the molecule is CCC1CCCC1(C(=O)O)c1cccc(Br)c1. The summed E-state index contributed by atoms with van der Waals surface area (Å²) >= 11 is 3.43. The van der Waals surface area contributed by atoms with E-state index in [1.807, 2.05) is 24.3 Å². The molecule has 0 aliphatic heterocycles. The molecule has 1 aliphatic rings. The molecule has 1 aromatic carbocycles. The van der Waals surface area contributed by atoms with Crippen molar-refractivity contribution >= 4 is 21.9 Å². The fraction of sp³-hybridized carbons (Fsp3) is 0.500. The smallest absolute Gasteiger partial charge is 0.314 e. The fourth-order valence-electron chi connectivity index (χ4n) is 3.18. The van der Waals surface area contributed by atoms with Crippen molar-refractivity contribution in [2.24, 2.45) is 5.92 Å². The second kappa shape index (κ2) is 4.81. The summed E-state index contributed by atoms with van der Waals surface area (Å²) in [5.41, 5.74) is 0.280. The lowest BCUT2D eigenvalue weighted by Gasteiger charge is -2.31. The van der Waals surface area contributed by atoms with Gasteiger partial charge in [-0.1, -0.05) is 47.8 Å². The fourth-order valence-corrected chi connectivity index (χ4v) is 3.58. The molecular weight excluding hydrogens is 280 g/mol. The number of carbonyl (C=O) groups is 1. The summed E-state index contributed by atoms with van der Waals surface area (Å²) in [5.74, 6) is -0.408. The Labute approximate surface area is 110 Å². The van der Waals surface area contributed by atoms with Gasteiger partial charge in [-0.3, -0.25) is 4.79 Å². The van der Waals surface area contributed by atoms with E-state index in [-0.39, 0.29) is 5.92 Å². The van der Waals surface area contributed by atoms with Crippen molar-refractivity contribution in [3.05, 3.63) is 34.3 Å². The molecule has 0 heterocycles. The second-order valence-corrected chi connectivity index (χ2v) is 5.70. The van der Waals surface area contributed by atoms with Crippen LogP contribution in [0.4, 0.5) is 0 Å². The van der Waals surface area contributed by atoms with E-state index in [1.165, 1.54) is 0 Å². The van der Waals surface area contributed by atoms with Gasteiger partial charge in [-0.2, -0.15) is 0 Å². The number of carboxylic acids is 1. The van der Waals surface area contributed by atoms with Crippen LogP contribution in [0.25, 0.3) is 0 Å². The van der Waals surface area contributed by atoms with E-state index in [4.69, 9.17) is 0 Å². The lowest BCUT2D eigenvalue weighted by molar-refractivity contribution is -0.145. The Kier molecular flexibility index (Phi) is 3.57. The molecule has 2 nitrogen and oxygen atoms in total. The number of halogens is 1. The van der Waals surface area contributed by atoms with Crippen molar-refractivity contribution in [1.82, 2.24) is 0 Å². The van der Waals surface area contributed by atoms with Crippen LogP contribution >= 0.6 is 15.9 Å². The molecule has 1 saturated carbocycles. The van der Waals surface area contributed by atoms with E-state index in [1.54, 1.807) is 0 Å². The van der Waals surface area contributed by atoms with E-state index < -0.39 is 11.4 Å². The predicted molar refractivity (Wildman–Crippen MR) is 71.1 cm³/mol. The third-order valence-corrected chi connectivity index (χ3v) is 4.53. The lowest BCUT2D eigenvalue weighted by Crippen LogP contribution is -2.39. The van der Waals surface area contributed by atoms with Crippen molar-refractivity contribution in [1.29, 1.82) is 0 Å². The van der Waals surface area contributed by atoms with Gasteiger partial charge in [0.05, 0.1) is 5.41 Å². The zero-order valence-electron chi connectivity index (χ0n) is 9.95. The van der Waals surface area contributed by atoms with Crippen molar-refractivity contribution in [3.63, 3.8) is 0 Å². The number of aliphatic carboxylic acids is 1. The normalized spacial score (nSPS) is 28.2. The summed E-state index contributed by atoms with van der Waals surface area (Å²) in [5, 5.41) is 9.69. The standard InChI is InChI=1S/C14H17BrO2/c1-2-10-6-4-8-14(10,13(16)17)11-5-3-7-12(15)9-11/h3,5,7,9-10H,2,4,6,8H2,1H3,(H,16,17). The molecule has 0 saturated heterocycles. The Bertz CT molecular complexity index is 430. The molecular formula is C14H17BrO2. The summed E-state index contributed by atoms with van der Waals surface area (Å²) in [6.45, 7) is 2.09. The highest BCUT2D eigenvalue weighted by atomic mass is 79.9. The average molecular weight is 297 g/mol. The summed E-state index contributed by atoms with van der Waals surface area (Å²) in [7, 11) is 0. The van der Waals surface area contributed by atoms with Gasteiger partial charge in [0.1, 0.15) is 0 Å². The largest absolute Gasteiger partial charge is 0.481 e. The van der Waals surface area contributed by atoms with Crippen LogP contribution < -0.4 is 0 Å². The molecule has 1 fully saturated rings. The number of hydrogen-bond donors (Lipinski definition) is 1. The number of benzene rings is 1. The van der Waals surface area contributed by atoms with E-state index in [2.05, 4.69) is 22.9 Å². The van der Waals surface area contributed by atoms with E-state index in [0.29, 0.717) is 0 Å². The third kappa shape index (κ3) is 2.01. The van der Waals surface area contributed by atoms with Crippen molar-refractivity contribution < 1.29 is 9.90 Å². The Balaban J connectivity index is 2.51. The van der Waals surface area contributed by atoms with Gasteiger partial charge in [0, 0.05) is 4.47 Å². The highest BCUT2D eigenvalue weighted by Crippen LogP contribution is 2.47. The van der Waals surface area contributed by atoms with Crippen LogP contribution in [0.3, 0.4) is 0 Å². The lowest BCUT2D eigenvalue weighted by atomic mass is 9.71. The van der Waals surface area contributed by atoms with Crippen molar-refractivity contribution in [2.45, 2.75) is 38.0 Å². The maximum Gasteiger partial charge on any atom is 0.314 e. The van der Waals surface area contributed by atoms with Gasteiger partial charge in [0.15, 0.2) is 0 Å². The molecule has 0 aromatic heterocycles. The Morgan fingerprint density at radius 1 is 1.59 bits per heavy atom. The highest BCUT2D eigenvalue weighted by molar-refractivity contribution is 9.10. The van der Waals surface area contributed by atoms with Gasteiger partial charge >= 0.3 is 5.97 Å².